The fraction of sp³-hybridized carbons (Fsp3) is 0.909. The van der Waals surface area contributed by atoms with Crippen molar-refractivity contribution in [3.63, 3.8) is 0 Å². The summed E-state index contributed by atoms with van der Waals surface area (Å²) in [5.41, 5.74) is 0. The molecule has 100 valence electrons. The number of amides is 1. The summed E-state index contributed by atoms with van der Waals surface area (Å²) in [6.07, 6.45) is 3.28. The molecule has 1 unspecified atom stereocenters. The molecule has 1 aliphatic heterocycles. The van der Waals surface area contributed by atoms with Crippen molar-refractivity contribution in [1.82, 2.24) is 10.2 Å². The Labute approximate surface area is 103 Å². The molecule has 1 saturated heterocycles. The van der Waals surface area contributed by atoms with Crippen molar-refractivity contribution in [2.24, 2.45) is 0 Å². The van der Waals surface area contributed by atoms with Gasteiger partial charge in [0.05, 0.1) is 11.3 Å². The van der Waals surface area contributed by atoms with Crippen molar-refractivity contribution in [3.05, 3.63) is 0 Å². The lowest BCUT2D eigenvalue weighted by Crippen LogP contribution is -2.60. The van der Waals surface area contributed by atoms with Crippen molar-refractivity contribution >= 4 is 15.7 Å². The van der Waals surface area contributed by atoms with E-state index in [2.05, 4.69) is 12.2 Å². The lowest BCUT2D eigenvalue weighted by molar-refractivity contribution is -0.127. The van der Waals surface area contributed by atoms with Gasteiger partial charge in [0.25, 0.3) is 0 Å². The highest BCUT2D eigenvalue weighted by Gasteiger charge is 2.38. The van der Waals surface area contributed by atoms with Gasteiger partial charge in [-0.05, 0) is 13.3 Å². The van der Waals surface area contributed by atoms with Gasteiger partial charge in [0, 0.05) is 25.9 Å². The van der Waals surface area contributed by atoms with Crippen molar-refractivity contribution in [2.75, 3.05) is 25.9 Å². The van der Waals surface area contributed by atoms with Crippen LogP contribution in [-0.2, 0) is 14.6 Å². The summed E-state index contributed by atoms with van der Waals surface area (Å²) in [7, 11) is -2.95. The van der Waals surface area contributed by atoms with Crippen LogP contribution in [0.2, 0.25) is 0 Å². The first kappa shape index (κ1) is 14.4. The Morgan fingerprint density at radius 1 is 1.47 bits per heavy atom. The van der Waals surface area contributed by atoms with Gasteiger partial charge in [-0.3, -0.25) is 9.69 Å². The van der Waals surface area contributed by atoms with E-state index in [1.165, 1.54) is 6.26 Å². The molecular weight excluding hydrogens is 240 g/mol. The van der Waals surface area contributed by atoms with Gasteiger partial charge in [0.1, 0.15) is 0 Å². The van der Waals surface area contributed by atoms with Gasteiger partial charge >= 0.3 is 0 Å². The van der Waals surface area contributed by atoms with Crippen molar-refractivity contribution in [1.29, 1.82) is 0 Å². The van der Waals surface area contributed by atoms with E-state index in [4.69, 9.17) is 0 Å². The molecule has 1 rings (SSSR count). The zero-order valence-electron chi connectivity index (χ0n) is 10.8. The van der Waals surface area contributed by atoms with Crippen LogP contribution in [0.1, 0.15) is 26.7 Å². The van der Waals surface area contributed by atoms with Crippen LogP contribution in [0.3, 0.4) is 0 Å². The van der Waals surface area contributed by atoms with Gasteiger partial charge in [-0.2, -0.15) is 0 Å². The molecule has 1 N–H and O–H groups in total. The zero-order chi connectivity index (χ0) is 13.1. The third kappa shape index (κ3) is 3.96. The molecule has 5 nitrogen and oxygen atoms in total. The molecule has 1 aliphatic rings. The topological polar surface area (TPSA) is 66.5 Å². The van der Waals surface area contributed by atoms with Gasteiger partial charge < -0.3 is 5.32 Å². The number of hydrogen-bond acceptors (Lipinski definition) is 4. The van der Waals surface area contributed by atoms with Crippen LogP contribution in [0.25, 0.3) is 0 Å². The molecule has 1 amide bonds. The Balaban J connectivity index is 2.31. The molecular formula is C11H22N2O3S. The summed E-state index contributed by atoms with van der Waals surface area (Å²) in [5, 5.41) is 2.56. The first-order valence-corrected chi connectivity index (χ1v) is 8.02. The van der Waals surface area contributed by atoms with E-state index in [0.29, 0.717) is 19.6 Å². The second-order valence-corrected chi connectivity index (χ2v) is 7.05. The normalized spacial score (nSPS) is 19.7. The minimum absolute atomic E-state index is 0.00889. The minimum Gasteiger partial charge on any atom is -0.355 e. The zero-order valence-corrected chi connectivity index (χ0v) is 11.6. The Bertz CT molecular complexity index is 361. The molecule has 1 atom stereocenters. The fourth-order valence-electron chi connectivity index (χ4n) is 1.76. The third-order valence-corrected chi connectivity index (χ3v) is 4.75. The highest BCUT2D eigenvalue weighted by molar-refractivity contribution is 7.91. The number of nitrogens with one attached hydrogen (secondary N) is 1. The Kier molecular flexibility index (Phi) is 4.94. The number of carbonyl (C=O) groups is 1. The van der Waals surface area contributed by atoms with Crippen LogP contribution in [0.5, 0.6) is 0 Å². The predicted octanol–water partition coefficient (Wildman–Crippen LogP) is 0.0200. The molecule has 0 aliphatic carbocycles. The smallest absolute Gasteiger partial charge is 0.237 e. The maximum atomic E-state index is 11.7. The highest BCUT2D eigenvalue weighted by atomic mass is 32.2. The summed E-state index contributed by atoms with van der Waals surface area (Å²) >= 11 is 0. The van der Waals surface area contributed by atoms with E-state index in [1.54, 1.807) is 0 Å². The van der Waals surface area contributed by atoms with Crippen LogP contribution in [-0.4, -0.2) is 56.4 Å². The summed E-state index contributed by atoms with van der Waals surface area (Å²) in [4.78, 5) is 13.6. The monoisotopic (exact) mass is 262 g/mol. The maximum Gasteiger partial charge on any atom is 0.237 e. The molecule has 0 bridgehead atoms. The molecule has 0 saturated carbocycles. The standard InChI is InChI=1S/C11H22N2O3S/c1-4-5-6-12-11(14)9(2)13-7-10(8-13)17(3,15)16/h9-10H,4-8H2,1-3H3,(H,12,14). The second kappa shape index (κ2) is 5.82. The van der Waals surface area contributed by atoms with E-state index in [1.807, 2.05) is 11.8 Å². The predicted molar refractivity (Wildman–Crippen MR) is 67.6 cm³/mol. The van der Waals surface area contributed by atoms with Crippen molar-refractivity contribution in [3.8, 4) is 0 Å². The number of rotatable bonds is 6. The SMILES string of the molecule is CCCCNC(=O)C(C)N1CC(S(C)(=O)=O)C1. The van der Waals surface area contributed by atoms with E-state index >= 15 is 0 Å². The van der Waals surface area contributed by atoms with Gasteiger partial charge in [0.15, 0.2) is 9.84 Å². The van der Waals surface area contributed by atoms with Crippen LogP contribution >= 0.6 is 0 Å². The number of hydrogen-bond donors (Lipinski definition) is 1. The van der Waals surface area contributed by atoms with E-state index in [-0.39, 0.29) is 17.2 Å². The summed E-state index contributed by atoms with van der Waals surface area (Å²) in [6, 6.07) is -0.232. The second-order valence-electron chi connectivity index (χ2n) is 4.73. The summed E-state index contributed by atoms with van der Waals surface area (Å²) in [5.74, 6) is -0.00889. The minimum atomic E-state index is -2.95. The Morgan fingerprint density at radius 3 is 2.53 bits per heavy atom. The highest BCUT2D eigenvalue weighted by Crippen LogP contribution is 2.18. The molecule has 17 heavy (non-hydrogen) atoms. The largest absolute Gasteiger partial charge is 0.355 e. The number of unbranched alkanes of at least 4 members (excludes halogenated alkanes) is 1. The van der Waals surface area contributed by atoms with Crippen molar-refractivity contribution in [2.45, 2.75) is 38.0 Å². The van der Waals surface area contributed by atoms with Gasteiger partial charge in [-0.1, -0.05) is 13.3 Å². The van der Waals surface area contributed by atoms with E-state index < -0.39 is 9.84 Å². The first-order valence-electron chi connectivity index (χ1n) is 6.07. The van der Waals surface area contributed by atoms with E-state index in [0.717, 1.165) is 12.8 Å². The van der Waals surface area contributed by atoms with Gasteiger partial charge in [-0.15, -0.1) is 0 Å². The molecule has 1 fully saturated rings. The van der Waals surface area contributed by atoms with Crippen LogP contribution < -0.4 is 5.32 Å². The van der Waals surface area contributed by atoms with E-state index in [9.17, 15) is 13.2 Å². The van der Waals surface area contributed by atoms with Crippen LogP contribution in [0, 0.1) is 0 Å². The lowest BCUT2D eigenvalue weighted by Gasteiger charge is -2.41. The maximum absolute atomic E-state index is 11.7. The van der Waals surface area contributed by atoms with Crippen LogP contribution in [0.15, 0.2) is 0 Å². The molecule has 1 heterocycles. The number of sulfone groups is 1. The average molecular weight is 262 g/mol. The van der Waals surface area contributed by atoms with Gasteiger partial charge in [-0.25, -0.2) is 8.42 Å². The molecule has 6 heteroatoms. The molecule has 0 aromatic carbocycles. The van der Waals surface area contributed by atoms with Crippen molar-refractivity contribution < 1.29 is 13.2 Å². The molecule has 0 radical (unpaired) electrons. The molecule has 0 aromatic heterocycles. The average Bonchev–Trinajstić information content (AvgIpc) is 2.13. The number of nitrogens with zero attached hydrogens (tertiary/aromatic N) is 1. The fourth-order valence-corrected chi connectivity index (χ4v) is 2.68. The third-order valence-electron chi connectivity index (χ3n) is 3.24. The molecule has 0 spiro atoms. The summed E-state index contributed by atoms with van der Waals surface area (Å²) < 4.78 is 22.5. The van der Waals surface area contributed by atoms with Gasteiger partial charge in [0.2, 0.25) is 5.91 Å². The Morgan fingerprint density at radius 2 is 2.06 bits per heavy atom. The number of carbonyl (C=O) groups excluding carboxylic acids is 1. The first-order chi connectivity index (χ1) is 7.86. The Hall–Kier alpha value is -0.620. The summed E-state index contributed by atoms with van der Waals surface area (Å²) in [6.45, 7) is 5.53. The quantitative estimate of drug-likeness (QED) is 0.685. The lowest BCUT2D eigenvalue weighted by atomic mass is 10.1. The van der Waals surface area contributed by atoms with Crippen LogP contribution in [0.4, 0.5) is 0 Å². The number of likely N-dealkylation sites (tertiary alicyclic amines) is 1. The molecule has 0 aromatic rings.